The van der Waals surface area contributed by atoms with E-state index in [1.165, 1.54) is 0 Å². The minimum Gasteiger partial charge on any atom is -0.347 e. The van der Waals surface area contributed by atoms with Gasteiger partial charge in [-0.1, -0.05) is 23.7 Å². The molecule has 6 heteroatoms. The number of hydrogen-bond acceptors (Lipinski definition) is 2. The first-order chi connectivity index (χ1) is 11.5. The van der Waals surface area contributed by atoms with Crippen molar-refractivity contribution in [2.24, 2.45) is 0 Å². The van der Waals surface area contributed by atoms with E-state index in [2.05, 4.69) is 21.2 Å². The Bertz CT molecular complexity index is 998. The van der Waals surface area contributed by atoms with E-state index in [1.807, 2.05) is 29.7 Å². The Kier molecular flexibility index (Phi) is 4.73. The summed E-state index contributed by atoms with van der Waals surface area (Å²) < 4.78 is 2.61. The highest BCUT2D eigenvalue weighted by Crippen LogP contribution is 2.22. The maximum Gasteiger partial charge on any atom is 0.261 e. The van der Waals surface area contributed by atoms with Gasteiger partial charge in [0, 0.05) is 27.6 Å². The predicted octanol–water partition coefficient (Wildman–Crippen LogP) is 4.69. The molecule has 0 aliphatic rings. The number of nitrogens with zero attached hydrogens (tertiary/aromatic N) is 1. The van der Waals surface area contributed by atoms with E-state index in [1.54, 1.807) is 30.5 Å². The smallest absolute Gasteiger partial charge is 0.261 e. The molecule has 1 N–H and O–H groups in total. The van der Waals surface area contributed by atoms with Crippen molar-refractivity contribution in [3.8, 4) is 0 Å². The lowest BCUT2D eigenvalue weighted by Crippen LogP contribution is -2.24. The lowest BCUT2D eigenvalue weighted by molar-refractivity contribution is 0.102. The lowest BCUT2D eigenvalue weighted by Gasteiger charge is -2.12. The quantitative estimate of drug-likeness (QED) is 0.687. The van der Waals surface area contributed by atoms with E-state index in [9.17, 15) is 9.59 Å². The average Bonchev–Trinajstić information content (AvgIpc) is 2.57. The zero-order chi connectivity index (χ0) is 17.3. The van der Waals surface area contributed by atoms with E-state index in [4.69, 9.17) is 11.6 Å². The number of amides is 1. The van der Waals surface area contributed by atoms with Crippen molar-refractivity contribution in [2.45, 2.75) is 13.5 Å². The molecule has 0 unspecified atom stereocenters. The second-order valence-electron chi connectivity index (χ2n) is 5.25. The van der Waals surface area contributed by atoms with E-state index in [0.29, 0.717) is 22.6 Å². The molecule has 3 rings (SSSR count). The van der Waals surface area contributed by atoms with Gasteiger partial charge in [-0.3, -0.25) is 9.59 Å². The zero-order valence-electron chi connectivity index (χ0n) is 12.8. The highest BCUT2D eigenvalue weighted by Gasteiger charge is 2.16. The number of hydrogen-bond donors (Lipinski definition) is 1. The number of halogens is 2. The average molecular weight is 406 g/mol. The van der Waals surface area contributed by atoms with Crippen LogP contribution in [0.3, 0.4) is 0 Å². The summed E-state index contributed by atoms with van der Waals surface area (Å²) in [6.07, 6.45) is 1.59. The number of aryl methyl sites for hydroxylation is 1. The van der Waals surface area contributed by atoms with Crippen molar-refractivity contribution in [3.63, 3.8) is 0 Å². The second kappa shape index (κ2) is 6.79. The minimum absolute atomic E-state index is 0.0855. The molecule has 3 aromatic rings. The van der Waals surface area contributed by atoms with Crippen LogP contribution >= 0.6 is 27.5 Å². The lowest BCUT2D eigenvalue weighted by atomic mass is 10.1. The second-order valence-corrected chi connectivity index (χ2v) is 6.54. The number of benzene rings is 2. The fourth-order valence-electron chi connectivity index (χ4n) is 2.55. The maximum atomic E-state index is 12.7. The van der Waals surface area contributed by atoms with Gasteiger partial charge in [0.05, 0.1) is 11.2 Å². The summed E-state index contributed by atoms with van der Waals surface area (Å²) in [5.74, 6) is -0.448. The van der Waals surface area contributed by atoms with Crippen LogP contribution in [0.1, 0.15) is 17.3 Å². The van der Waals surface area contributed by atoms with E-state index in [0.717, 1.165) is 9.99 Å². The molecule has 0 aliphatic heterocycles. The minimum atomic E-state index is -0.448. The molecule has 0 spiro atoms. The van der Waals surface area contributed by atoms with Gasteiger partial charge in [-0.05, 0) is 53.2 Å². The maximum absolute atomic E-state index is 12.7. The third-order valence-corrected chi connectivity index (χ3v) is 4.68. The third-order valence-electron chi connectivity index (χ3n) is 3.75. The largest absolute Gasteiger partial charge is 0.347 e. The summed E-state index contributed by atoms with van der Waals surface area (Å²) in [7, 11) is 0. The van der Waals surface area contributed by atoms with Crippen LogP contribution in [0.5, 0.6) is 0 Å². The Labute approximate surface area is 152 Å². The molecule has 4 nitrogen and oxygen atoms in total. The van der Waals surface area contributed by atoms with Crippen LogP contribution in [-0.4, -0.2) is 10.5 Å². The van der Waals surface area contributed by atoms with Gasteiger partial charge in [0.2, 0.25) is 5.43 Å². The number of aromatic nitrogens is 1. The van der Waals surface area contributed by atoms with Crippen LogP contribution in [0.25, 0.3) is 10.9 Å². The van der Waals surface area contributed by atoms with Crippen LogP contribution in [0.2, 0.25) is 5.02 Å². The number of carbonyl (C=O) groups excluding carboxylic acids is 1. The van der Waals surface area contributed by atoms with Gasteiger partial charge >= 0.3 is 0 Å². The van der Waals surface area contributed by atoms with E-state index in [-0.39, 0.29) is 11.0 Å². The Morgan fingerprint density at radius 2 is 2.00 bits per heavy atom. The van der Waals surface area contributed by atoms with Gasteiger partial charge in [0.1, 0.15) is 5.56 Å². The first-order valence-corrected chi connectivity index (χ1v) is 8.57. The van der Waals surface area contributed by atoms with E-state index < -0.39 is 5.91 Å². The molecule has 0 saturated carbocycles. The predicted molar refractivity (Wildman–Crippen MR) is 101 cm³/mol. The molecule has 0 atom stereocenters. The summed E-state index contributed by atoms with van der Waals surface area (Å²) in [4.78, 5) is 25.3. The Morgan fingerprint density at radius 1 is 1.25 bits per heavy atom. The number of pyridine rings is 1. The molecule has 24 heavy (non-hydrogen) atoms. The number of nitrogens with one attached hydrogen (secondary N) is 1. The molecule has 1 amide bonds. The number of anilines is 1. The molecule has 0 fully saturated rings. The first kappa shape index (κ1) is 16.7. The highest BCUT2D eigenvalue weighted by atomic mass is 79.9. The highest BCUT2D eigenvalue weighted by molar-refractivity contribution is 9.10. The molecule has 2 aromatic carbocycles. The SMILES string of the molecule is CCn1cc(C(=O)Nc2ccccc2Br)c(=O)c2cc(Cl)ccc21. The van der Waals surface area contributed by atoms with Crippen molar-refractivity contribution in [1.82, 2.24) is 4.57 Å². The molecule has 0 saturated heterocycles. The van der Waals surface area contributed by atoms with Crippen molar-refractivity contribution in [3.05, 3.63) is 73.9 Å². The fraction of sp³-hybridized carbons (Fsp3) is 0.111. The monoisotopic (exact) mass is 404 g/mol. The number of carbonyl (C=O) groups is 1. The molecule has 122 valence electrons. The third kappa shape index (κ3) is 3.09. The Morgan fingerprint density at radius 3 is 2.71 bits per heavy atom. The molecule has 1 heterocycles. The Balaban J connectivity index is 2.12. The van der Waals surface area contributed by atoms with Crippen molar-refractivity contribution >= 4 is 50.0 Å². The molecule has 0 radical (unpaired) electrons. The molecular weight excluding hydrogens is 392 g/mol. The first-order valence-electron chi connectivity index (χ1n) is 7.40. The molecular formula is C18H14BrClN2O2. The van der Waals surface area contributed by atoms with Crippen LogP contribution in [0, 0.1) is 0 Å². The van der Waals surface area contributed by atoms with Crippen LogP contribution in [0.15, 0.2) is 57.9 Å². The molecule has 1 aromatic heterocycles. The Hall–Kier alpha value is -2.11. The number of para-hydroxylation sites is 1. The summed E-state index contributed by atoms with van der Waals surface area (Å²) in [5, 5.41) is 3.66. The number of rotatable bonds is 3. The van der Waals surface area contributed by atoms with Crippen molar-refractivity contribution in [1.29, 1.82) is 0 Å². The molecule has 0 aliphatic carbocycles. The van der Waals surface area contributed by atoms with Gasteiger partial charge in [-0.15, -0.1) is 0 Å². The topological polar surface area (TPSA) is 51.1 Å². The van der Waals surface area contributed by atoms with Crippen molar-refractivity contribution in [2.75, 3.05) is 5.32 Å². The standard InChI is InChI=1S/C18H14BrClN2O2/c1-2-22-10-13(17(23)12-9-11(20)7-8-16(12)22)18(24)21-15-6-4-3-5-14(15)19/h3-10H,2H2,1H3,(H,21,24). The van der Waals surface area contributed by atoms with Crippen LogP contribution in [0.4, 0.5) is 5.69 Å². The normalized spacial score (nSPS) is 10.8. The van der Waals surface area contributed by atoms with Gasteiger partial charge < -0.3 is 9.88 Å². The van der Waals surface area contributed by atoms with E-state index >= 15 is 0 Å². The summed E-state index contributed by atoms with van der Waals surface area (Å²) in [6.45, 7) is 2.59. The van der Waals surface area contributed by atoms with Gasteiger partial charge in [-0.25, -0.2) is 0 Å². The van der Waals surface area contributed by atoms with Crippen LogP contribution in [-0.2, 0) is 6.54 Å². The summed E-state index contributed by atoms with van der Waals surface area (Å²) >= 11 is 9.39. The fourth-order valence-corrected chi connectivity index (χ4v) is 3.10. The summed E-state index contributed by atoms with van der Waals surface area (Å²) in [6, 6.07) is 12.4. The summed E-state index contributed by atoms with van der Waals surface area (Å²) in [5.41, 5.74) is 1.12. The number of fused-ring (bicyclic) bond motifs is 1. The van der Waals surface area contributed by atoms with Crippen molar-refractivity contribution < 1.29 is 4.79 Å². The van der Waals surface area contributed by atoms with Gasteiger partial charge in [0.25, 0.3) is 5.91 Å². The van der Waals surface area contributed by atoms with Gasteiger partial charge in [0.15, 0.2) is 0 Å². The zero-order valence-corrected chi connectivity index (χ0v) is 15.2. The van der Waals surface area contributed by atoms with Crippen LogP contribution < -0.4 is 10.7 Å². The molecule has 0 bridgehead atoms. The van der Waals surface area contributed by atoms with Gasteiger partial charge in [-0.2, -0.15) is 0 Å².